The second kappa shape index (κ2) is 8.02. The average molecular weight is 414 g/mol. The molecule has 31 heavy (non-hydrogen) atoms. The largest absolute Gasteiger partial charge is 0.332 e. The number of aryl methyl sites for hydroxylation is 2. The van der Waals surface area contributed by atoms with Crippen molar-refractivity contribution in [2.24, 2.45) is 14.1 Å². The van der Waals surface area contributed by atoms with Gasteiger partial charge in [-0.1, -0.05) is 60.7 Å². The van der Waals surface area contributed by atoms with Crippen molar-refractivity contribution >= 4 is 22.6 Å². The van der Waals surface area contributed by atoms with Crippen LogP contribution in [-0.4, -0.2) is 20.0 Å². The van der Waals surface area contributed by atoms with E-state index in [-0.39, 0.29) is 16.9 Å². The van der Waals surface area contributed by atoms with Gasteiger partial charge in [-0.2, -0.15) is 0 Å². The Morgan fingerprint density at radius 2 is 1.45 bits per heavy atom. The number of hydrogen-bond acceptors (Lipinski definition) is 4. The highest BCUT2D eigenvalue weighted by Gasteiger charge is 2.25. The van der Waals surface area contributed by atoms with Crippen molar-refractivity contribution in [1.29, 1.82) is 0 Å². The van der Waals surface area contributed by atoms with Gasteiger partial charge in [0, 0.05) is 20.3 Å². The Morgan fingerprint density at radius 1 is 0.903 bits per heavy atom. The molecule has 0 saturated carbocycles. The first-order valence-corrected chi connectivity index (χ1v) is 9.86. The zero-order chi connectivity index (χ0) is 22.1. The fourth-order valence-electron chi connectivity index (χ4n) is 3.77. The number of benzene rings is 2. The lowest BCUT2D eigenvalue weighted by atomic mass is 9.90. The highest BCUT2D eigenvalue weighted by molar-refractivity contribution is 6.04. The van der Waals surface area contributed by atoms with Crippen LogP contribution in [0.2, 0.25) is 0 Å². The Labute approximate surface area is 178 Å². The maximum absolute atomic E-state index is 13.5. The third-order valence-electron chi connectivity index (χ3n) is 5.43. The molecule has 0 aliphatic rings. The van der Waals surface area contributed by atoms with Crippen LogP contribution in [0, 0.1) is 6.92 Å². The van der Waals surface area contributed by atoms with Gasteiger partial charge in [-0.15, -0.1) is 0 Å². The van der Waals surface area contributed by atoms with Crippen LogP contribution in [0.3, 0.4) is 0 Å². The molecule has 0 radical (unpaired) electrons. The lowest BCUT2D eigenvalue weighted by Gasteiger charge is -2.20. The number of carbonyl (C=O) groups excluding carboxylic acids is 1. The summed E-state index contributed by atoms with van der Waals surface area (Å²) in [4.78, 5) is 43.0. The van der Waals surface area contributed by atoms with Gasteiger partial charge in [0.25, 0.3) is 5.56 Å². The normalized spacial score (nSPS) is 11.1. The van der Waals surface area contributed by atoms with E-state index >= 15 is 0 Å². The van der Waals surface area contributed by atoms with Crippen molar-refractivity contribution in [2.45, 2.75) is 12.8 Å². The molecule has 0 spiro atoms. The highest BCUT2D eigenvalue weighted by Crippen LogP contribution is 2.28. The molecule has 0 saturated heterocycles. The molecule has 0 fully saturated rings. The van der Waals surface area contributed by atoms with Crippen LogP contribution < -0.4 is 16.6 Å². The zero-order valence-corrected chi connectivity index (χ0v) is 17.5. The van der Waals surface area contributed by atoms with Gasteiger partial charge in [-0.25, -0.2) is 9.78 Å². The van der Waals surface area contributed by atoms with Crippen molar-refractivity contribution in [3.05, 3.63) is 104 Å². The predicted molar refractivity (Wildman–Crippen MR) is 120 cm³/mol. The van der Waals surface area contributed by atoms with Crippen molar-refractivity contribution in [3.63, 3.8) is 0 Å². The Kier molecular flexibility index (Phi) is 5.25. The molecule has 156 valence electrons. The third-order valence-corrected chi connectivity index (χ3v) is 5.43. The van der Waals surface area contributed by atoms with Crippen LogP contribution in [0.15, 0.2) is 76.4 Å². The summed E-state index contributed by atoms with van der Waals surface area (Å²) >= 11 is 0. The second-order valence-electron chi connectivity index (χ2n) is 7.46. The van der Waals surface area contributed by atoms with Gasteiger partial charge in [0.1, 0.15) is 5.39 Å². The fourth-order valence-corrected chi connectivity index (χ4v) is 3.77. The van der Waals surface area contributed by atoms with Gasteiger partial charge < -0.3 is 5.32 Å². The van der Waals surface area contributed by atoms with Crippen LogP contribution >= 0.6 is 0 Å². The average Bonchev–Trinajstić information content (AvgIpc) is 2.79. The molecule has 0 bridgehead atoms. The zero-order valence-electron chi connectivity index (χ0n) is 17.5. The van der Waals surface area contributed by atoms with E-state index in [1.54, 1.807) is 20.2 Å². The van der Waals surface area contributed by atoms with Crippen LogP contribution in [0.4, 0.5) is 5.69 Å². The standard InChI is InChI=1S/C24H22N4O3/c1-15-14-25-21-19(23(30)28(3)24(31)27(21)2)20(15)26-22(29)18(16-10-6-4-7-11-16)17-12-8-5-9-13-17/h4-14,18H,1-3H3,(H,25,26,29). The minimum atomic E-state index is -0.568. The van der Waals surface area contributed by atoms with E-state index in [9.17, 15) is 14.4 Å². The molecule has 0 aliphatic heterocycles. The first-order chi connectivity index (χ1) is 14.9. The molecule has 4 aromatic rings. The molecule has 0 unspecified atom stereocenters. The molecule has 7 heteroatoms. The number of amides is 1. The number of aromatic nitrogens is 3. The van der Waals surface area contributed by atoms with E-state index in [1.165, 1.54) is 11.6 Å². The topological polar surface area (TPSA) is 86.0 Å². The summed E-state index contributed by atoms with van der Waals surface area (Å²) in [5.74, 6) is -0.842. The van der Waals surface area contributed by atoms with Crippen LogP contribution in [0.1, 0.15) is 22.6 Å². The molecule has 4 rings (SSSR count). The molecule has 0 aliphatic carbocycles. The third kappa shape index (κ3) is 3.54. The first kappa shape index (κ1) is 20.3. The van der Waals surface area contributed by atoms with Gasteiger partial charge in [-0.05, 0) is 23.6 Å². The number of pyridine rings is 1. The molecule has 7 nitrogen and oxygen atoms in total. The number of nitrogens with one attached hydrogen (secondary N) is 1. The van der Waals surface area contributed by atoms with E-state index in [0.29, 0.717) is 11.3 Å². The van der Waals surface area contributed by atoms with E-state index in [1.807, 2.05) is 60.7 Å². The monoisotopic (exact) mass is 414 g/mol. The van der Waals surface area contributed by atoms with Gasteiger partial charge in [0.2, 0.25) is 5.91 Å². The number of anilines is 1. The Balaban J connectivity index is 1.88. The first-order valence-electron chi connectivity index (χ1n) is 9.86. The summed E-state index contributed by atoms with van der Waals surface area (Å²) in [7, 11) is 2.96. The number of hydrogen-bond donors (Lipinski definition) is 1. The highest BCUT2D eigenvalue weighted by atomic mass is 16.2. The maximum atomic E-state index is 13.5. The second-order valence-corrected chi connectivity index (χ2v) is 7.46. The maximum Gasteiger partial charge on any atom is 0.332 e. The lowest BCUT2D eigenvalue weighted by molar-refractivity contribution is -0.116. The molecule has 2 aromatic heterocycles. The molecular weight excluding hydrogens is 392 g/mol. The Morgan fingerprint density at radius 3 is 2.00 bits per heavy atom. The number of carbonyl (C=O) groups is 1. The molecule has 1 amide bonds. The Bertz CT molecular complexity index is 1350. The molecular formula is C24H22N4O3. The molecule has 2 aromatic carbocycles. The number of rotatable bonds is 4. The molecule has 0 atom stereocenters. The summed E-state index contributed by atoms with van der Waals surface area (Å²) in [5, 5.41) is 3.16. The van der Waals surface area contributed by atoms with Crippen LogP contribution in [0.25, 0.3) is 11.0 Å². The van der Waals surface area contributed by atoms with Crippen molar-refractivity contribution < 1.29 is 4.79 Å². The summed E-state index contributed by atoms with van der Waals surface area (Å²) in [6.45, 7) is 1.77. The van der Waals surface area contributed by atoms with Crippen molar-refractivity contribution in [1.82, 2.24) is 14.1 Å². The fraction of sp³-hybridized carbons (Fsp3) is 0.167. The van der Waals surface area contributed by atoms with E-state index in [2.05, 4.69) is 10.3 Å². The number of nitrogens with zero attached hydrogens (tertiary/aromatic N) is 3. The van der Waals surface area contributed by atoms with Crippen LogP contribution in [-0.2, 0) is 18.9 Å². The molecule has 2 heterocycles. The van der Waals surface area contributed by atoms with Gasteiger partial charge >= 0.3 is 5.69 Å². The Hall–Kier alpha value is -4.00. The van der Waals surface area contributed by atoms with Gasteiger partial charge in [-0.3, -0.25) is 18.7 Å². The SMILES string of the molecule is Cc1cnc2c(c1NC(=O)C(c1ccccc1)c1ccccc1)c(=O)n(C)c(=O)n2C. The van der Waals surface area contributed by atoms with Crippen molar-refractivity contribution in [2.75, 3.05) is 5.32 Å². The number of fused-ring (bicyclic) bond motifs is 1. The summed E-state index contributed by atoms with van der Waals surface area (Å²) in [6, 6.07) is 18.9. The van der Waals surface area contributed by atoms with E-state index in [0.717, 1.165) is 15.7 Å². The summed E-state index contributed by atoms with van der Waals surface area (Å²) in [6.07, 6.45) is 1.55. The van der Waals surface area contributed by atoms with Gasteiger partial charge in [0.05, 0.1) is 11.6 Å². The predicted octanol–water partition coefficient (Wildman–Crippen LogP) is 2.71. The summed E-state index contributed by atoms with van der Waals surface area (Å²) < 4.78 is 2.32. The lowest BCUT2D eigenvalue weighted by Crippen LogP contribution is -2.38. The summed E-state index contributed by atoms with van der Waals surface area (Å²) in [5.41, 5.74) is 1.92. The van der Waals surface area contributed by atoms with E-state index < -0.39 is 17.2 Å². The quantitative estimate of drug-likeness (QED) is 0.556. The van der Waals surface area contributed by atoms with Gasteiger partial charge in [0.15, 0.2) is 5.65 Å². The molecule has 1 N–H and O–H groups in total. The minimum absolute atomic E-state index is 0.206. The van der Waals surface area contributed by atoms with Crippen molar-refractivity contribution in [3.8, 4) is 0 Å². The smallest absolute Gasteiger partial charge is 0.324 e. The van der Waals surface area contributed by atoms with E-state index in [4.69, 9.17) is 0 Å². The van der Waals surface area contributed by atoms with Crippen LogP contribution in [0.5, 0.6) is 0 Å². The minimum Gasteiger partial charge on any atom is -0.324 e.